The number of halogens is 3. The molecule has 1 aliphatic heterocycles. The molecule has 1 heterocycles. The Balaban J connectivity index is 2.12. The predicted octanol–water partition coefficient (Wildman–Crippen LogP) is 3.60. The van der Waals surface area contributed by atoms with Crippen LogP contribution in [0, 0.1) is 0 Å². The second-order valence-electron chi connectivity index (χ2n) is 4.03. The number of benzene rings is 1. The highest BCUT2D eigenvalue weighted by Crippen LogP contribution is 2.31. The van der Waals surface area contributed by atoms with Gasteiger partial charge in [0.15, 0.2) is 0 Å². The van der Waals surface area contributed by atoms with E-state index in [1.807, 2.05) is 0 Å². The summed E-state index contributed by atoms with van der Waals surface area (Å²) < 4.78 is 42.3. The molecule has 0 unspecified atom stereocenters. The van der Waals surface area contributed by atoms with Gasteiger partial charge < -0.3 is 4.74 Å². The van der Waals surface area contributed by atoms with Gasteiger partial charge >= 0.3 is 6.18 Å². The molecule has 0 radical (unpaired) electrons. The van der Waals surface area contributed by atoms with Gasteiger partial charge in [-0.3, -0.25) is 0 Å². The summed E-state index contributed by atoms with van der Waals surface area (Å²) in [6.07, 6.45) is -2.28. The van der Waals surface area contributed by atoms with Gasteiger partial charge in [-0.2, -0.15) is 13.2 Å². The molecule has 16 heavy (non-hydrogen) atoms. The summed E-state index contributed by atoms with van der Waals surface area (Å²) in [7, 11) is 0. The maximum Gasteiger partial charge on any atom is 0.416 e. The molecule has 1 aromatic rings. The first-order valence-corrected chi connectivity index (χ1v) is 5.32. The van der Waals surface area contributed by atoms with E-state index in [2.05, 4.69) is 0 Å². The lowest BCUT2D eigenvalue weighted by atomic mass is 9.93. The first-order valence-electron chi connectivity index (χ1n) is 5.32. The molecular weight excluding hydrogens is 217 g/mol. The van der Waals surface area contributed by atoms with Gasteiger partial charge in [-0.05, 0) is 30.5 Å². The molecular formula is C12H13F3O. The lowest BCUT2D eigenvalue weighted by Crippen LogP contribution is -2.15. The molecule has 0 aromatic heterocycles. The number of hydrogen-bond acceptors (Lipinski definition) is 1. The molecule has 1 saturated heterocycles. The molecule has 0 N–H and O–H groups in total. The Morgan fingerprint density at radius 2 is 1.81 bits per heavy atom. The Hall–Kier alpha value is -1.03. The quantitative estimate of drug-likeness (QED) is 0.716. The smallest absolute Gasteiger partial charge is 0.381 e. The van der Waals surface area contributed by atoms with E-state index in [9.17, 15) is 13.2 Å². The minimum Gasteiger partial charge on any atom is -0.381 e. The summed E-state index contributed by atoms with van der Waals surface area (Å²) in [5.74, 6) is 0.246. The van der Waals surface area contributed by atoms with Crippen LogP contribution in [0.25, 0.3) is 0 Å². The third-order valence-electron chi connectivity index (χ3n) is 2.87. The Bertz CT molecular complexity index is 336. The van der Waals surface area contributed by atoms with Crippen LogP contribution < -0.4 is 0 Å². The van der Waals surface area contributed by atoms with Crippen molar-refractivity contribution in [2.45, 2.75) is 24.9 Å². The van der Waals surface area contributed by atoms with Crippen molar-refractivity contribution in [2.24, 2.45) is 0 Å². The highest BCUT2D eigenvalue weighted by Gasteiger charge is 2.30. The number of alkyl halides is 3. The largest absolute Gasteiger partial charge is 0.416 e. The van der Waals surface area contributed by atoms with E-state index in [1.165, 1.54) is 0 Å². The van der Waals surface area contributed by atoms with E-state index in [1.54, 1.807) is 12.1 Å². The molecule has 2 rings (SSSR count). The molecule has 4 heteroatoms. The first kappa shape index (κ1) is 11.5. The Labute approximate surface area is 92.2 Å². The fourth-order valence-electron chi connectivity index (χ4n) is 1.95. The molecule has 1 aromatic carbocycles. The normalized spacial score (nSPS) is 22.1. The molecule has 1 aliphatic rings. The van der Waals surface area contributed by atoms with Gasteiger partial charge in [-0.1, -0.05) is 12.1 Å². The Kier molecular flexibility index (Phi) is 3.19. The molecule has 1 atom stereocenters. The highest BCUT2D eigenvalue weighted by molar-refractivity contribution is 5.27. The molecule has 0 spiro atoms. The zero-order valence-corrected chi connectivity index (χ0v) is 8.76. The van der Waals surface area contributed by atoms with Crippen LogP contribution in [0.15, 0.2) is 24.3 Å². The predicted molar refractivity (Wildman–Crippen MR) is 54.2 cm³/mol. The third-order valence-corrected chi connectivity index (χ3v) is 2.87. The third kappa shape index (κ3) is 2.55. The van der Waals surface area contributed by atoms with Crippen molar-refractivity contribution in [3.05, 3.63) is 35.4 Å². The van der Waals surface area contributed by atoms with E-state index in [4.69, 9.17) is 4.74 Å². The monoisotopic (exact) mass is 230 g/mol. The average molecular weight is 230 g/mol. The van der Waals surface area contributed by atoms with E-state index in [-0.39, 0.29) is 5.92 Å². The van der Waals surface area contributed by atoms with Crippen LogP contribution in [0.3, 0.4) is 0 Å². The minimum absolute atomic E-state index is 0.246. The maximum atomic E-state index is 12.3. The summed E-state index contributed by atoms with van der Waals surface area (Å²) >= 11 is 0. The second kappa shape index (κ2) is 4.45. The van der Waals surface area contributed by atoms with E-state index in [0.717, 1.165) is 37.1 Å². The molecule has 1 fully saturated rings. The van der Waals surface area contributed by atoms with Gasteiger partial charge in [0.2, 0.25) is 0 Å². The first-order chi connectivity index (χ1) is 7.57. The lowest BCUT2D eigenvalue weighted by molar-refractivity contribution is -0.137. The van der Waals surface area contributed by atoms with Crippen molar-refractivity contribution in [2.75, 3.05) is 13.2 Å². The fourth-order valence-corrected chi connectivity index (χ4v) is 1.95. The van der Waals surface area contributed by atoms with E-state index < -0.39 is 11.7 Å². The fraction of sp³-hybridized carbons (Fsp3) is 0.500. The average Bonchev–Trinajstić information content (AvgIpc) is 2.29. The van der Waals surface area contributed by atoms with E-state index >= 15 is 0 Å². The van der Waals surface area contributed by atoms with Crippen molar-refractivity contribution in [3.8, 4) is 0 Å². The van der Waals surface area contributed by atoms with Gasteiger partial charge in [0, 0.05) is 12.5 Å². The Morgan fingerprint density at radius 3 is 2.31 bits per heavy atom. The summed E-state index contributed by atoms with van der Waals surface area (Å²) in [6.45, 7) is 1.38. The number of hydrogen-bond donors (Lipinski definition) is 0. The van der Waals surface area contributed by atoms with Crippen LogP contribution in [-0.2, 0) is 10.9 Å². The van der Waals surface area contributed by atoms with Crippen LogP contribution in [0.1, 0.15) is 29.9 Å². The zero-order valence-electron chi connectivity index (χ0n) is 8.76. The van der Waals surface area contributed by atoms with Crippen LogP contribution in [0.5, 0.6) is 0 Å². The van der Waals surface area contributed by atoms with Crippen molar-refractivity contribution >= 4 is 0 Å². The summed E-state index contributed by atoms with van der Waals surface area (Å²) in [5.41, 5.74) is 0.348. The lowest BCUT2D eigenvalue weighted by Gasteiger charge is -2.22. The zero-order chi connectivity index (χ0) is 11.6. The minimum atomic E-state index is -4.25. The van der Waals surface area contributed by atoms with Crippen molar-refractivity contribution in [1.29, 1.82) is 0 Å². The van der Waals surface area contributed by atoms with Crippen LogP contribution in [-0.4, -0.2) is 13.2 Å². The molecule has 0 bridgehead atoms. The maximum absolute atomic E-state index is 12.3. The van der Waals surface area contributed by atoms with Crippen molar-refractivity contribution < 1.29 is 17.9 Å². The van der Waals surface area contributed by atoms with Gasteiger partial charge in [0.1, 0.15) is 0 Å². The van der Waals surface area contributed by atoms with Gasteiger partial charge in [0.25, 0.3) is 0 Å². The van der Waals surface area contributed by atoms with Crippen LogP contribution in [0.2, 0.25) is 0 Å². The summed E-state index contributed by atoms with van der Waals surface area (Å²) in [6, 6.07) is 5.40. The number of rotatable bonds is 1. The van der Waals surface area contributed by atoms with Gasteiger partial charge in [0.05, 0.1) is 12.2 Å². The molecule has 0 amide bonds. The van der Waals surface area contributed by atoms with Crippen molar-refractivity contribution in [3.63, 3.8) is 0 Å². The SMILES string of the molecule is FC(F)(F)c1ccc([C@@H]2CCCOC2)cc1. The topological polar surface area (TPSA) is 9.23 Å². The summed E-state index contributed by atoms with van der Waals surface area (Å²) in [5, 5.41) is 0. The molecule has 1 nitrogen and oxygen atoms in total. The second-order valence-corrected chi connectivity index (χ2v) is 4.03. The standard InChI is InChI=1S/C12H13F3O/c13-12(14,15)11-5-3-9(4-6-11)10-2-1-7-16-8-10/h3-6,10H,1-2,7-8H2/t10-/m1/s1. The van der Waals surface area contributed by atoms with Gasteiger partial charge in [-0.25, -0.2) is 0 Å². The molecule has 0 saturated carbocycles. The highest BCUT2D eigenvalue weighted by atomic mass is 19.4. The van der Waals surface area contributed by atoms with Crippen LogP contribution >= 0.6 is 0 Å². The molecule has 0 aliphatic carbocycles. The van der Waals surface area contributed by atoms with Crippen LogP contribution in [0.4, 0.5) is 13.2 Å². The number of ether oxygens (including phenoxy) is 1. The summed E-state index contributed by atoms with van der Waals surface area (Å²) in [4.78, 5) is 0. The van der Waals surface area contributed by atoms with Crippen molar-refractivity contribution in [1.82, 2.24) is 0 Å². The van der Waals surface area contributed by atoms with Gasteiger partial charge in [-0.15, -0.1) is 0 Å². The Morgan fingerprint density at radius 1 is 1.12 bits per heavy atom. The molecule has 88 valence electrons. The van der Waals surface area contributed by atoms with E-state index in [0.29, 0.717) is 6.61 Å².